The zero-order valence-electron chi connectivity index (χ0n) is 9.11. The SMILES string of the molecule is CCCNC(N)=NCc1ccc(Cl)cn1.I. The Hall–Kier alpha value is -0.560. The van der Waals surface area contributed by atoms with Gasteiger partial charge in [-0.3, -0.25) is 4.98 Å². The topological polar surface area (TPSA) is 63.3 Å². The molecule has 0 atom stereocenters. The number of hydrogen-bond donors (Lipinski definition) is 2. The van der Waals surface area contributed by atoms with Gasteiger partial charge in [0.05, 0.1) is 17.3 Å². The van der Waals surface area contributed by atoms with Crippen LogP contribution in [0.2, 0.25) is 5.02 Å². The second-order valence-electron chi connectivity index (χ2n) is 3.10. The summed E-state index contributed by atoms with van der Waals surface area (Å²) in [6.45, 7) is 3.38. The summed E-state index contributed by atoms with van der Waals surface area (Å²) in [6.07, 6.45) is 2.62. The summed E-state index contributed by atoms with van der Waals surface area (Å²) in [7, 11) is 0. The number of hydrogen-bond acceptors (Lipinski definition) is 2. The summed E-state index contributed by atoms with van der Waals surface area (Å²) >= 11 is 5.71. The summed E-state index contributed by atoms with van der Waals surface area (Å²) in [6, 6.07) is 3.62. The second kappa shape index (κ2) is 8.58. The van der Waals surface area contributed by atoms with E-state index in [1.54, 1.807) is 12.3 Å². The van der Waals surface area contributed by atoms with E-state index in [9.17, 15) is 0 Å². The Balaban J connectivity index is 0.00000225. The van der Waals surface area contributed by atoms with E-state index in [1.165, 1.54) is 0 Å². The van der Waals surface area contributed by atoms with Crippen molar-refractivity contribution in [3.63, 3.8) is 0 Å². The first-order valence-electron chi connectivity index (χ1n) is 4.86. The second-order valence-corrected chi connectivity index (χ2v) is 3.53. The number of nitrogens with one attached hydrogen (secondary N) is 1. The van der Waals surface area contributed by atoms with Crippen LogP contribution in [0, 0.1) is 0 Å². The third kappa shape index (κ3) is 6.12. The number of rotatable bonds is 4. The molecular formula is C10H16ClIN4. The van der Waals surface area contributed by atoms with Crippen molar-refractivity contribution in [2.75, 3.05) is 6.54 Å². The fourth-order valence-electron chi connectivity index (χ4n) is 0.975. The van der Waals surface area contributed by atoms with Gasteiger partial charge in [-0.2, -0.15) is 0 Å². The number of pyridine rings is 1. The molecule has 3 N–H and O–H groups in total. The maximum absolute atomic E-state index is 5.71. The molecule has 1 aromatic heterocycles. The molecule has 0 radical (unpaired) electrons. The van der Waals surface area contributed by atoms with Gasteiger partial charge in [0, 0.05) is 12.7 Å². The van der Waals surface area contributed by atoms with Gasteiger partial charge in [0.2, 0.25) is 0 Å². The lowest BCUT2D eigenvalue weighted by atomic mass is 10.3. The maximum atomic E-state index is 5.71. The van der Waals surface area contributed by atoms with Crippen LogP contribution in [0.4, 0.5) is 0 Å². The van der Waals surface area contributed by atoms with Crippen molar-refractivity contribution in [2.45, 2.75) is 19.9 Å². The van der Waals surface area contributed by atoms with Gasteiger partial charge in [0.1, 0.15) is 0 Å². The molecule has 90 valence electrons. The standard InChI is InChI=1S/C10H15ClN4.HI/c1-2-5-13-10(12)15-7-9-4-3-8(11)6-14-9;/h3-4,6H,2,5,7H2,1H3,(H3,12,13,15);1H. The number of aromatic nitrogens is 1. The molecule has 0 aliphatic heterocycles. The van der Waals surface area contributed by atoms with Gasteiger partial charge in [-0.25, -0.2) is 4.99 Å². The van der Waals surface area contributed by atoms with E-state index in [-0.39, 0.29) is 24.0 Å². The Morgan fingerprint density at radius 3 is 2.88 bits per heavy atom. The predicted molar refractivity (Wildman–Crippen MR) is 78.3 cm³/mol. The summed E-state index contributed by atoms with van der Waals surface area (Å²) in [4.78, 5) is 8.25. The lowest BCUT2D eigenvalue weighted by molar-refractivity contribution is 0.823. The summed E-state index contributed by atoms with van der Waals surface area (Å²) in [5, 5.41) is 3.61. The minimum absolute atomic E-state index is 0. The van der Waals surface area contributed by atoms with Crippen molar-refractivity contribution >= 4 is 41.5 Å². The number of nitrogens with two attached hydrogens (primary N) is 1. The molecular weight excluding hydrogens is 338 g/mol. The van der Waals surface area contributed by atoms with Crippen molar-refractivity contribution in [2.24, 2.45) is 10.7 Å². The molecule has 0 amide bonds. The Morgan fingerprint density at radius 1 is 1.56 bits per heavy atom. The van der Waals surface area contributed by atoms with E-state index in [4.69, 9.17) is 17.3 Å². The molecule has 0 bridgehead atoms. The molecule has 0 unspecified atom stereocenters. The lowest BCUT2D eigenvalue weighted by Crippen LogP contribution is -2.32. The van der Waals surface area contributed by atoms with Crippen molar-refractivity contribution in [1.29, 1.82) is 0 Å². The van der Waals surface area contributed by atoms with Crippen molar-refractivity contribution < 1.29 is 0 Å². The first-order valence-corrected chi connectivity index (χ1v) is 5.24. The first-order chi connectivity index (χ1) is 7.22. The average Bonchev–Trinajstić information content (AvgIpc) is 2.25. The summed E-state index contributed by atoms with van der Waals surface area (Å²) in [5.74, 6) is 0.452. The predicted octanol–water partition coefficient (Wildman–Crippen LogP) is 2.17. The van der Waals surface area contributed by atoms with Gasteiger partial charge in [-0.1, -0.05) is 18.5 Å². The van der Waals surface area contributed by atoms with Crippen LogP contribution in [0.5, 0.6) is 0 Å². The first kappa shape index (κ1) is 15.4. The zero-order valence-corrected chi connectivity index (χ0v) is 12.2. The van der Waals surface area contributed by atoms with Crippen LogP contribution in [0.3, 0.4) is 0 Å². The van der Waals surface area contributed by atoms with Gasteiger partial charge in [0.15, 0.2) is 5.96 Å². The Labute approximate surface area is 118 Å². The molecule has 0 aliphatic rings. The zero-order chi connectivity index (χ0) is 11.1. The van der Waals surface area contributed by atoms with E-state index in [1.807, 2.05) is 6.07 Å². The highest BCUT2D eigenvalue weighted by atomic mass is 127. The van der Waals surface area contributed by atoms with Gasteiger partial charge >= 0.3 is 0 Å². The van der Waals surface area contributed by atoms with E-state index in [0.717, 1.165) is 18.7 Å². The Kier molecular flexibility index (Phi) is 8.28. The van der Waals surface area contributed by atoms with E-state index in [2.05, 4.69) is 22.2 Å². The fraction of sp³-hybridized carbons (Fsp3) is 0.400. The fourth-order valence-corrected chi connectivity index (χ4v) is 1.09. The van der Waals surface area contributed by atoms with E-state index in [0.29, 0.717) is 17.5 Å². The molecule has 0 spiro atoms. The summed E-state index contributed by atoms with van der Waals surface area (Å²) in [5.41, 5.74) is 6.47. The highest BCUT2D eigenvalue weighted by Crippen LogP contribution is 2.06. The van der Waals surface area contributed by atoms with Crippen LogP contribution in [0.25, 0.3) is 0 Å². The smallest absolute Gasteiger partial charge is 0.188 e. The average molecular weight is 355 g/mol. The van der Waals surface area contributed by atoms with Crippen molar-refractivity contribution in [1.82, 2.24) is 10.3 Å². The van der Waals surface area contributed by atoms with Gasteiger partial charge in [0.25, 0.3) is 0 Å². The molecule has 4 nitrogen and oxygen atoms in total. The molecule has 0 aliphatic carbocycles. The molecule has 1 aromatic rings. The van der Waals surface area contributed by atoms with Crippen LogP contribution >= 0.6 is 35.6 Å². The highest BCUT2D eigenvalue weighted by molar-refractivity contribution is 14.0. The van der Waals surface area contributed by atoms with Gasteiger partial charge < -0.3 is 11.1 Å². The van der Waals surface area contributed by atoms with Crippen molar-refractivity contribution in [3.05, 3.63) is 29.0 Å². The third-order valence-corrected chi connectivity index (χ3v) is 1.98. The minimum atomic E-state index is 0. The number of nitrogens with zero attached hydrogens (tertiary/aromatic N) is 2. The van der Waals surface area contributed by atoms with E-state index < -0.39 is 0 Å². The molecule has 6 heteroatoms. The number of guanidine groups is 1. The maximum Gasteiger partial charge on any atom is 0.188 e. The van der Waals surface area contributed by atoms with E-state index >= 15 is 0 Å². The molecule has 0 saturated carbocycles. The normalized spacial score (nSPS) is 10.8. The van der Waals surface area contributed by atoms with Crippen molar-refractivity contribution in [3.8, 4) is 0 Å². The lowest BCUT2D eigenvalue weighted by Gasteiger charge is -2.02. The van der Waals surface area contributed by atoms with Gasteiger partial charge in [-0.15, -0.1) is 24.0 Å². The molecule has 1 rings (SSSR count). The number of aliphatic imine (C=N–C) groups is 1. The number of halogens is 2. The molecule has 1 heterocycles. The van der Waals surface area contributed by atoms with Crippen LogP contribution in [0.15, 0.2) is 23.3 Å². The van der Waals surface area contributed by atoms with Crippen LogP contribution in [-0.4, -0.2) is 17.5 Å². The van der Waals surface area contributed by atoms with Gasteiger partial charge in [-0.05, 0) is 18.6 Å². The Morgan fingerprint density at radius 2 is 2.31 bits per heavy atom. The Bertz CT molecular complexity index is 326. The molecule has 0 saturated heterocycles. The third-order valence-electron chi connectivity index (χ3n) is 1.76. The highest BCUT2D eigenvalue weighted by Gasteiger charge is 1.94. The van der Waals surface area contributed by atoms with Crippen LogP contribution in [-0.2, 0) is 6.54 Å². The molecule has 0 aromatic carbocycles. The minimum Gasteiger partial charge on any atom is -0.370 e. The monoisotopic (exact) mass is 354 g/mol. The van der Waals surface area contributed by atoms with Crippen LogP contribution < -0.4 is 11.1 Å². The van der Waals surface area contributed by atoms with Crippen LogP contribution in [0.1, 0.15) is 19.0 Å². The largest absolute Gasteiger partial charge is 0.370 e. The summed E-state index contributed by atoms with van der Waals surface area (Å²) < 4.78 is 0. The quantitative estimate of drug-likeness (QED) is 0.495. The molecule has 16 heavy (non-hydrogen) atoms. The molecule has 0 fully saturated rings.